The standard InChI is InChI=1S/C38H62O13/c1-17(2)7-6-8-18(3)19-9-10-20-27-21(11-12-37(19,20)4)38(5)14-24(41)28(43)33(22(38)13-23(27)40)50-36-34(29(44)25(42)16-48-36)51-35-32(47)31(46)30(45)26(15-39)49-35/h6,8,13,17-21,23-36,39-47H,7,9-12,14-16H2,1-5H3/b8-6+/t18-,19-,20?,21?,23+,24-,25-,26-,27?,28+,29+,30+,31+,32-,33-,34-,35+,36+,37-,38-/m1/s1. The molecule has 0 aromatic heterocycles. The molecule has 3 saturated carbocycles. The van der Waals surface area contributed by atoms with Crippen molar-refractivity contribution in [1.82, 2.24) is 0 Å². The van der Waals surface area contributed by atoms with Gasteiger partial charge >= 0.3 is 0 Å². The highest BCUT2D eigenvalue weighted by Crippen LogP contribution is 2.67. The molecule has 2 saturated heterocycles. The lowest BCUT2D eigenvalue weighted by Gasteiger charge is -2.61. The van der Waals surface area contributed by atoms with Crippen molar-refractivity contribution in [2.75, 3.05) is 13.2 Å². The molecular formula is C38H62O13. The van der Waals surface area contributed by atoms with E-state index >= 15 is 0 Å². The second kappa shape index (κ2) is 15.2. The van der Waals surface area contributed by atoms with E-state index in [-0.39, 0.29) is 36.2 Å². The van der Waals surface area contributed by atoms with Crippen molar-refractivity contribution in [3.63, 3.8) is 0 Å². The predicted molar refractivity (Wildman–Crippen MR) is 182 cm³/mol. The zero-order valence-corrected chi connectivity index (χ0v) is 30.5. The number of aliphatic hydroxyl groups is 9. The highest BCUT2D eigenvalue weighted by Gasteiger charge is 2.64. The van der Waals surface area contributed by atoms with Gasteiger partial charge < -0.3 is 64.9 Å². The van der Waals surface area contributed by atoms with E-state index in [1.807, 2.05) is 0 Å². The summed E-state index contributed by atoms with van der Waals surface area (Å²) in [6.07, 6.45) is -7.04. The Morgan fingerprint density at radius 1 is 0.843 bits per heavy atom. The summed E-state index contributed by atoms with van der Waals surface area (Å²) in [4.78, 5) is 0. The van der Waals surface area contributed by atoms with Crippen molar-refractivity contribution < 1.29 is 64.9 Å². The van der Waals surface area contributed by atoms with E-state index in [0.717, 1.165) is 32.1 Å². The van der Waals surface area contributed by atoms with Crippen molar-refractivity contribution >= 4 is 0 Å². The Bertz CT molecular complexity index is 1260. The minimum absolute atomic E-state index is 0.00483. The van der Waals surface area contributed by atoms with Gasteiger partial charge in [0.25, 0.3) is 0 Å². The number of fused-ring (bicyclic) bond motifs is 5. The van der Waals surface area contributed by atoms with Crippen molar-refractivity contribution in [2.24, 2.45) is 46.3 Å². The fraction of sp³-hybridized carbons (Fsp3) is 0.895. The molecule has 9 N–H and O–H groups in total. The molecule has 292 valence electrons. The van der Waals surface area contributed by atoms with Gasteiger partial charge in [-0.25, -0.2) is 0 Å². The SMILES string of the molecule is CC(C)C/C=C/[C@@H](C)[C@H]1CCC2C3C(CC[C@@]21C)[C@@]1(C)C[C@@H](O)[C@H](O)[C@H](O[C@@H]2OC[C@@H](O)[C@H](O)[C@H]2O[C@@H]2O[C@H](CO)[C@H](O)[C@H](O)[C@H]2O)C1=C[C@@H]3O. The van der Waals surface area contributed by atoms with Crippen molar-refractivity contribution in [3.05, 3.63) is 23.8 Å². The molecule has 2 aliphatic heterocycles. The number of ether oxygens (including phenoxy) is 4. The van der Waals surface area contributed by atoms with Gasteiger partial charge in [-0.1, -0.05) is 52.8 Å². The lowest BCUT2D eigenvalue weighted by molar-refractivity contribution is -0.363. The fourth-order valence-electron chi connectivity index (χ4n) is 11.0. The second-order valence-electron chi connectivity index (χ2n) is 17.3. The van der Waals surface area contributed by atoms with Crippen molar-refractivity contribution in [2.45, 2.75) is 153 Å². The summed E-state index contributed by atoms with van der Waals surface area (Å²) in [6, 6.07) is 0. The molecule has 0 radical (unpaired) electrons. The first-order valence-corrected chi connectivity index (χ1v) is 19.1. The molecule has 0 aromatic carbocycles. The minimum atomic E-state index is -1.79. The molecule has 13 heteroatoms. The lowest BCUT2D eigenvalue weighted by Crippen LogP contribution is -2.64. The molecule has 0 amide bonds. The first kappa shape index (κ1) is 39.6. The van der Waals surface area contributed by atoms with Crippen LogP contribution in [0.3, 0.4) is 0 Å². The third-order valence-electron chi connectivity index (χ3n) is 13.8. The van der Waals surface area contributed by atoms with E-state index in [9.17, 15) is 46.0 Å². The first-order chi connectivity index (χ1) is 24.0. The molecule has 20 atom stereocenters. The first-order valence-electron chi connectivity index (χ1n) is 19.1. The average Bonchev–Trinajstić information content (AvgIpc) is 3.44. The number of allylic oxidation sites excluding steroid dienone is 2. The zero-order chi connectivity index (χ0) is 37.2. The minimum Gasteiger partial charge on any atom is -0.394 e. The molecule has 5 fully saturated rings. The summed E-state index contributed by atoms with van der Waals surface area (Å²) in [6.45, 7) is 10.2. The molecule has 4 aliphatic carbocycles. The number of aliphatic hydroxyl groups excluding tert-OH is 9. The topological polar surface area (TPSA) is 219 Å². The Morgan fingerprint density at radius 3 is 2.25 bits per heavy atom. The number of hydrogen-bond donors (Lipinski definition) is 9. The molecule has 0 bridgehead atoms. The van der Waals surface area contributed by atoms with Gasteiger partial charge in [0.1, 0.15) is 54.9 Å². The zero-order valence-electron chi connectivity index (χ0n) is 30.5. The van der Waals surface area contributed by atoms with E-state index in [1.165, 1.54) is 0 Å². The summed E-state index contributed by atoms with van der Waals surface area (Å²) in [5.74, 6) is 1.77. The maximum atomic E-state index is 12.0. The van der Waals surface area contributed by atoms with Crippen LogP contribution in [0, 0.1) is 46.3 Å². The fourth-order valence-corrected chi connectivity index (χ4v) is 11.0. The van der Waals surface area contributed by atoms with Crippen LogP contribution in [0.1, 0.15) is 73.1 Å². The second-order valence-corrected chi connectivity index (χ2v) is 17.3. The van der Waals surface area contributed by atoms with Crippen molar-refractivity contribution in [3.8, 4) is 0 Å². The van der Waals surface area contributed by atoms with Crippen LogP contribution in [0.25, 0.3) is 0 Å². The highest BCUT2D eigenvalue weighted by atomic mass is 16.8. The molecule has 51 heavy (non-hydrogen) atoms. The van der Waals surface area contributed by atoms with Crippen LogP contribution in [-0.4, -0.2) is 139 Å². The van der Waals surface area contributed by atoms with Gasteiger partial charge in [-0.3, -0.25) is 0 Å². The van der Waals surface area contributed by atoms with Crippen LogP contribution < -0.4 is 0 Å². The summed E-state index contributed by atoms with van der Waals surface area (Å²) in [5.41, 5.74) is 0.0410. The number of rotatable bonds is 9. The molecule has 6 aliphatic rings. The molecular weight excluding hydrogens is 664 g/mol. The van der Waals surface area contributed by atoms with Crippen LogP contribution in [0.5, 0.6) is 0 Å². The Morgan fingerprint density at radius 2 is 1.57 bits per heavy atom. The van der Waals surface area contributed by atoms with E-state index in [2.05, 4.69) is 46.8 Å². The lowest BCUT2D eigenvalue weighted by atomic mass is 9.46. The maximum absolute atomic E-state index is 12.0. The monoisotopic (exact) mass is 726 g/mol. The molecule has 2 heterocycles. The third-order valence-corrected chi connectivity index (χ3v) is 13.8. The summed E-state index contributed by atoms with van der Waals surface area (Å²) < 4.78 is 23.5. The van der Waals surface area contributed by atoms with Gasteiger partial charge in [0.2, 0.25) is 0 Å². The van der Waals surface area contributed by atoms with E-state index in [1.54, 1.807) is 6.08 Å². The quantitative estimate of drug-likeness (QED) is 0.147. The highest BCUT2D eigenvalue weighted by molar-refractivity contribution is 5.33. The molecule has 0 spiro atoms. The van der Waals surface area contributed by atoms with Crippen LogP contribution >= 0.6 is 0 Å². The smallest absolute Gasteiger partial charge is 0.187 e. The molecule has 13 nitrogen and oxygen atoms in total. The van der Waals surface area contributed by atoms with E-state index < -0.39 is 91.7 Å². The van der Waals surface area contributed by atoms with Crippen LogP contribution in [0.4, 0.5) is 0 Å². The molecule has 3 unspecified atom stereocenters. The molecule has 0 aromatic rings. The van der Waals surface area contributed by atoms with Gasteiger partial charge in [-0.05, 0) is 90.4 Å². The van der Waals surface area contributed by atoms with Gasteiger partial charge in [-0.2, -0.15) is 0 Å². The Hall–Kier alpha value is -1.04. The van der Waals surface area contributed by atoms with Gasteiger partial charge in [0.05, 0.1) is 25.4 Å². The summed E-state index contributed by atoms with van der Waals surface area (Å²) >= 11 is 0. The third kappa shape index (κ3) is 7.03. The normalized spacial score (nSPS) is 52.3. The molecule has 6 rings (SSSR count). The van der Waals surface area contributed by atoms with Gasteiger partial charge in [0.15, 0.2) is 12.6 Å². The largest absolute Gasteiger partial charge is 0.394 e. The average molecular weight is 727 g/mol. The summed E-state index contributed by atoms with van der Waals surface area (Å²) in [7, 11) is 0. The Kier molecular flexibility index (Phi) is 11.8. The van der Waals surface area contributed by atoms with Crippen LogP contribution in [0.15, 0.2) is 23.8 Å². The van der Waals surface area contributed by atoms with Crippen LogP contribution in [0.2, 0.25) is 0 Å². The van der Waals surface area contributed by atoms with Gasteiger partial charge in [0, 0.05) is 0 Å². The maximum Gasteiger partial charge on any atom is 0.187 e. The van der Waals surface area contributed by atoms with Crippen molar-refractivity contribution in [1.29, 1.82) is 0 Å². The predicted octanol–water partition coefficient (Wildman–Crippen LogP) is 0.365. The summed E-state index contributed by atoms with van der Waals surface area (Å²) in [5, 5.41) is 97.1. The Labute approximate surface area is 300 Å². The Balaban J connectivity index is 1.25. The number of hydrogen-bond acceptors (Lipinski definition) is 13. The van der Waals surface area contributed by atoms with Gasteiger partial charge in [-0.15, -0.1) is 0 Å². The van der Waals surface area contributed by atoms with Crippen LogP contribution in [-0.2, 0) is 18.9 Å². The van der Waals surface area contributed by atoms with E-state index in [0.29, 0.717) is 23.3 Å². The van der Waals surface area contributed by atoms with E-state index in [4.69, 9.17) is 18.9 Å².